The van der Waals surface area contributed by atoms with Gasteiger partial charge in [0.15, 0.2) is 0 Å². The Morgan fingerprint density at radius 1 is 1.25 bits per heavy atom. The molecule has 1 aromatic carbocycles. The first-order valence-corrected chi connectivity index (χ1v) is 7.55. The largest absolute Gasteiger partial charge is 0.481 e. The molecule has 1 aromatic heterocycles. The molecule has 0 saturated heterocycles. The molecule has 7 nitrogen and oxygen atoms in total. The van der Waals surface area contributed by atoms with Crippen molar-refractivity contribution in [3.05, 3.63) is 64.3 Å². The van der Waals surface area contributed by atoms with E-state index < -0.39 is 16.8 Å². The number of hydrogen-bond donors (Lipinski definition) is 1. The minimum atomic E-state index is -0.901. The number of carbonyl (C=O) groups is 1. The molecule has 2 aromatic rings. The van der Waals surface area contributed by atoms with Crippen LogP contribution >= 0.6 is 0 Å². The Bertz CT molecular complexity index is 704. The van der Waals surface area contributed by atoms with Crippen molar-refractivity contribution < 1.29 is 14.8 Å². The van der Waals surface area contributed by atoms with Gasteiger partial charge in [-0.25, -0.2) is 4.98 Å². The number of anilines is 1. The predicted molar refractivity (Wildman–Crippen MR) is 89.9 cm³/mol. The lowest BCUT2D eigenvalue weighted by molar-refractivity contribution is -0.385. The van der Waals surface area contributed by atoms with Crippen LogP contribution in [0.4, 0.5) is 11.5 Å². The van der Waals surface area contributed by atoms with E-state index in [-0.39, 0.29) is 18.3 Å². The van der Waals surface area contributed by atoms with Crippen LogP contribution in [0.3, 0.4) is 0 Å². The monoisotopic (exact) mass is 329 g/mol. The van der Waals surface area contributed by atoms with Gasteiger partial charge in [0.2, 0.25) is 0 Å². The van der Waals surface area contributed by atoms with Crippen LogP contribution in [0.1, 0.15) is 25.5 Å². The fraction of sp³-hybridized carbons (Fsp3) is 0.294. The molecule has 0 bridgehead atoms. The third kappa shape index (κ3) is 4.07. The molecule has 0 aliphatic carbocycles. The van der Waals surface area contributed by atoms with Crippen LogP contribution in [0, 0.1) is 16.0 Å². The van der Waals surface area contributed by atoms with Gasteiger partial charge in [-0.15, -0.1) is 0 Å². The maximum absolute atomic E-state index is 11.2. The molecule has 0 radical (unpaired) electrons. The molecular weight excluding hydrogens is 310 g/mol. The van der Waals surface area contributed by atoms with E-state index in [0.29, 0.717) is 5.82 Å². The van der Waals surface area contributed by atoms with Crippen molar-refractivity contribution in [2.75, 3.05) is 11.4 Å². The van der Waals surface area contributed by atoms with E-state index in [2.05, 4.69) is 4.98 Å². The molecule has 2 atom stereocenters. The Balaban J connectivity index is 2.34. The summed E-state index contributed by atoms with van der Waals surface area (Å²) in [6.45, 7) is 3.82. The summed E-state index contributed by atoms with van der Waals surface area (Å²) in [6, 6.07) is 12.4. The normalized spacial score (nSPS) is 13.1. The van der Waals surface area contributed by atoms with Crippen LogP contribution in [0.5, 0.6) is 0 Å². The summed E-state index contributed by atoms with van der Waals surface area (Å²) in [7, 11) is 0. The predicted octanol–water partition coefficient (Wildman–Crippen LogP) is 3.28. The second-order valence-corrected chi connectivity index (χ2v) is 5.61. The van der Waals surface area contributed by atoms with Gasteiger partial charge in [0.1, 0.15) is 12.0 Å². The second-order valence-electron chi connectivity index (χ2n) is 5.61. The lowest BCUT2D eigenvalue weighted by Crippen LogP contribution is -2.34. The Labute approximate surface area is 139 Å². The van der Waals surface area contributed by atoms with E-state index in [1.165, 1.54) is 12.3 Å². The van der Waals surface area contributed by atoms with E-state index in [0.717, 1.165) is 5.56 Å². The highest BCUT2D eigenvalue weighted by atomic mass is 16.6. The molecule has 0 spiro atoms. The molecule has 1 heterocycles. The molecular formula is C17H19N3O4. The molecule has 2 rings (SSSR count). The summed E-state index contributed by atoms with van der Waals surface area (Å²) in [5, 5.41) is 20.0. The zero-order valence-electron chi connectivity index (χ0n) is 13.5. The number of pyridine rings is 1. The molecule has 0 aliphatic rings. The zero-order chi connectivity index (χ0) is 17.7. The van der Waals surface area contributed by atoms with Crippen LogP contribution in [0.2, 0.25) is 0 Å². The number of rotatable bonds is 7. The Morgan fingerprint density at radius 3 is 2.42 bits per heavy atom. The number of hydrogen-bond acceptors (Lipinski definition) is 5. The van der Waals surface area contributed by atoms with Crippen LogP contribution in [-0.4, -0.2) is 27.5 Å². The third-order valence-corrected chi connectivity index (χ3v) is 3.88. The quantitative estimate of drug-likeness (QED) is 0.618. The number of nitro groups is 1. The van der Waals surface area contributed by atoms with Gasteiger partial charge < -0.3 is 10.0 Å². The van der Waals surface area contributed by atoms with E-state index in [9.17, 15) is 20.0 Å². The highest BCUT2D eigenvalue weighted by Gasteiger charge is 2.23. The number of nitrogens with zero attached hydrogens (tertiary/aromatic N) is 3. The molecule has 7 heteroatoms. The second kappa shape index (κ2) is 7.54. The number of carboxylic acids is 1. The van der Waals surface area contributed by atoms with Gasteiger partial charge in [0.25, 0.3) is 5.69 Å². The molecule has 0 fully saturated rings. The van der Waals surface area contributed by atoms with Crippen molar-refractivity contribution >= 4 is 17.5 Å². The van der Waals surface area contributed by atoms with Crippen molar-refractivity contribution in [1.82, 2.24) is 4.98 Å². The van der Waals surface area contributed by atoms with Crippen LogP contribution in [-0.2, 0) is 4.79 Å². The number of benzene rings is 1. The minimum absolute atomic E-state index is 0.0997. The van der Waals surface area contributed by atoms with Crippen LogP contribution in [0.15, 0.2) is 48.7 Å². The first kappa shape index (κ1) is 17.4. The third-order valence-electron chi connectivity index (χ3n) is 3.88. The first-order valence-electron chi connectivity index (χ1n) is 7.55. The molecule has 0 aliphatic heterocycles. The van der Waals surface area contributed by atoms with E-state index >= 15 is 0 Å². The summed E-state index contributed by atoms with van der Waals surface area (Å²) in [4.78, 5) is 27.5. The van der Waals surface area contributed by atoms with Crippen molar-refractivity contribution in [2.24, 2.45) is 5.92 Å². The standard InChI is InChI=1S/C17H19N3O4/c1-12(17(21)22)11-19(13(2)14-6-4-3-5-7-14)16-9-8-15(10-18-16)20(23)24/h3-10,12-13H,11H2,1-2H3,(H,21,22). The van der Waals surface area contributed by atoms with Crippen molar-refractivity contribution in [3.8, 4) is 0 Å². The fourth-order valence-corrected chi connectivity index (χ4v) is 2.39. The summed E-state index contributed by atoms with van der Waals surface area (Å²) >= 11 is 0. The lowest BCUT2D eigenvalue weighted by atomic mass is 10.0. The Morgan fingerprint density at radius 2 is 1.92 bits per heavy atom. The number of aliphatic carboxylic acids is 1. The van der Waals surface area contributed by atoms with E-state index in [1.807, 2.05) is 42.2 Å². The smallest absolute Gasteiger partial charge is 0.308 e. The van der Waals surface area contributed by atoms with Crippen molar-refractivity contribution in [1.29, 1.82) is 0 Å². The molecule has 24 heavy (non-hydrogen) atoms. The Kier molecular flexibility index (Phi) is 5.47. The molecule has 1 N–H and O–H groups in total. The lowest BCUT2D eigenvalue weighted by Gasteiger charge is -2.32. The Hall–Kier alpha value is -2.96. The molecule has 0 saturated carbocycles. The average Bonchev–Trinajstić information content (AvgIpc) is 2.59. The summed E-state index contributed by atoms with van der Waals surface area (Å²) < 4.78 is 0. The van der Waals surface area contributed by atoms with Gasteiger partial charge >= 0.3 is 5.97 Å². The zero-order valence-corrected chi connectivity index (χ0v) is 13.5. The van der Waals surface area contributed by atoms with Gasteiger partial charge in [-0.1, -0.05) is 37.3 Å². The topological polar surface area (TPSA) is 96.6 Å². The summed E-state index contributed by atoms with van der Waals surface area (Å²) in [5.74, 6) is -1.000. The van der Waals surface area contributed by atoms with Gasteiger partial charge in [-0.3, -0.25) is 14.9 Å². The average molecular weight is 329 g/mol. The SMILES string of the molecule is CC(CN(c1ccc([N+](=O)[O-])cn1)C(C)c1ccccc1)C(=O)O. The molecule has 126 valence electrons. The van der Waals surface area contributed by atoms with Crippen molar-refractivity contribution in [2.45, 2.75) is 19.9 Å². The van der Waals surface area contributed by atoms with E-state index in [1.54, 1.807) is 13.0 Å². The summed E-state index contributed by atoms with van der Waals surface area (Å²) in [6.07, 6.45) is 1.19. The molecule has 0 amide bonds. The highest BCUT2D eigenvalue weighted by Crippen LogP contribution is 2.27. The van der Waals surface area contributed by atoms with Gasteiger partial charge in [0, 0.05) is 12.6 Å². The number of aromatic nitrogens is 1. The van der Waals surface area contributed by atoms with Crippen LogP contribution < -0.4 is 4.90 Å². The molecule has 2 unspecified atom stereocenters. The number of carboxylic acid groups (broad SMARTS) is 1. The van der Waals surface area contributed by atoms with Crippen LogP contribution in [0.25, 0.3) is 0 Å². The van der Waals surface area contributed by atoms with Gasteiger partial charge in [0.05, 0.1) is 16.9 Å². The van der Waals surface area contributed by atoms with Crippen molar-refractivity contribution in [3.63, 3.8) is 0 Å². The summed E-state index contributed by atoms with van der Waals surface area (Å²) in [5.41, 5.74) is 0.910. The fourth-order valence-electron chi connectivity index (χ4n) is 2.39. The van der Waals surface area contributed by atoms with E-state index in [4.69, 9.17) is 0 Å². The minimum Gasteiger partial charge on any atom is -0.481 e. The van der Waals surface area contributed by atoms with Gasteiger partial charge in [-0.05, 0) is 18.6 Å². The first-order chi connectivity index (χ1) is 11.4. The van der Waals surface area contributed by atoms with Gasteiger partial charge in [-0.2, -0.15) is 0 Å². The maximum atomic E-state index is 11.2. The highest BCUT2D eigenvalue weighted by molar-refractivity contribution is 5.70. The maximum Gasteiger partial charge on any atom is 0.308 e.